The van der Waals surface area contributed by atoms with E-state index in [-0.39, 0.29) is 0 Å². The molecule has 1 fully saturated rings. The largest absolute Gasteiger partial charge is 0.481 e. The van der Waals surface area contributed by atoms with Crippen molar-refractivity contribution < 1.29 is 14.6 Å². The lowest BCUT2D eigenvalue weighted by molar-refractivity contribution is -0.154. The third-order valence-electron chi connectivity index (χ3n) is 4.55. The van der Waals surface area contributed by atoms with E-state index >= 15 is 0 Å². The number of nitrogens with one attached hydrogen (secondary N) is 1. The Morgan fingerprint density at radius 1 is 1.45 bits per heavy atom. The summed E-state index contributed by atoms with van der Waals surface area (Å²) < 4.78 is 5.48. The van der Waals surface area contributed by atoms with E-state index in [1.54, 1.807) is 0 Å². The van der Waals surface area contributed by atoms with Gasteiger partial charge in [0, 0.05) is 12.6 Å². The third kappa shape index (κ3) is 2.58. The molecule has 0 unspecified atom stereocenters. The van der Waals surface area contributed by atoms with Gasteiger partial charge in [0.1, 0.15) is 0 Å². The molecule has 0 saturated heterocycles. The van der Waals surface area contributed by atoms with Gasteiger partial charge in [0.2, 0.25) is 0 Å². The molecule has 1 aliphatic heterocycles. The van der Waals surface area contributed by atoms with Crippen molar-refractivity contribution in [2.75, 3.05) is 6.61 Å². The Hall–Kier alpha value is -1.39. The molecule has 108 valence electrons. The molecular weight excluding hydrogens is 254 g/mol. The van der Waals surface area contributed by atoms with Gasteiger partial charge in [-0.25, -0.2) is 0 Å². The van der Waals surface area contributed by atoms with Crippen LogP contribution in [0, 0.1) is 5.41 Å². The lowest BCUT2D eigenvalue weighted by Gasteiger charge is -2.42. The predicted octanol–water partition coefficient (Wildman–Crippen LogP) is 2.10. The average molecular weight is 275 g/mol. The minimum absolute atomic E-state index is 0.323. The number of ether oxygens (including phenoxy) is 1. The van der Waals surface area contributed by atoms with Gasteiger partial charge < -0.3 is 15.2 Å². The Morgan fingerprint density at radius 3 is 3.00 bits per heavy atom. The second-order valence-corrected chi connectivity index (χ2v) is 6.26. The van der Waals surface area contributed by atoms with Crippen LogP contribution in [-0.4, -0.2) is 23.7 Å². The Bertz CT molecular complexity index is 520. The number of carboxylic acids is 1. The summed E-state index contributed by atoms with van der Waals surface area (Å²) in [5.41, 5.74) is 3.40. The molecule has 2 aliphatic rings. The van der Waals surface area contributed by atoms with Crippen LogP contribution in [0.5, 0.6) is 0 Å². The van der Waals surface area contributed by atoms with Gasteiger partial charge in [-0.2, -0.15) is 0 Å². The molecule has 1 aromatic carbocycles. The van der Waals surface area contributed by atoms with Crippen LogP contribution in [0.4, 0.5) is 0 Å². The van der Waals surface area contributed by atoms with Crippen molar-refractivity contribution in [1.82, 2.24) is 5.32 Å². The molecule has 0 bridgehead atoms. The Balaban J connectivity index is 1.54. The van der Waals surface area contributed by atoms with Gasteiger partial charge in [-0.3, -0.25) is 4.79 Å². The molecule has 1 aliphatic carbocycles. The Morgan fingerprint density at radius 2 is 2.25 bits per heavy atom. The van der Waals surface area contributed by atoms with E-state index in [9.17, 15) is 4.79 Å². The minimum Gasteiger partial charge on any atom is -0.481 e. The third-order valence-corrected chi connectivity index (χ3v) is 4.55. The Labute approximate surface area is 119 Å². The topological polar surface area (TPSA) is 58.6 Å². The molecule has 0 aromatic heterocycles. The fourth-order valence-electron chi connectivity index (χ4n) is 3.14. The number of hydrogen-bond donors (Lipinski definition) is 2. The second kappa shape index (κ2) is 5.19. The predicted molar refractivity (Wildman–Crippen MR) is 75.4 cm³/mol. The number of carbonyl (C=O) groups is 1. The van der Waals surface area contributed by atoms with Crippen LogP contribution in [0.1, 0.15) is 36.5 Å². The zero-order valence-electron chi connectivity index (χ0n) is 11.8. The van der Waals surface area contributed by atoms with Crippen LogP contribution in [0.2, 0.25) is 0 Å². The maximum atomic E-state index is 11.0. The van der Waals surface area contributed by atoms with Crippen molar-refractivity contribution in [2.45, 2.75) is 45.4 Å². The molecule has 4 nitrogen and oxygen atoms in total. The first-order valence-electron chi connectivity index (χ1n) is 7.22. The minimum atomic E-state index is -0.679. The van der Waals surface area contributed by atoms with E-state index in [0.29, 0.717) is 12.6 Å². The van der Waals surface area contributed by atoms with Crippen LogP contribution in [0.15, 0.2) is 18.2 Å². The van der Waals surface area contributed by atoms with E-state index < -0.39 is 11.4 Å². The summed E-state index contributed by atoms with van der Waals surface area (Å²) >= 11 is 0. The van der Waals surface area contributed by atoms with Crippen molar-refractivity contribution in [1.29, 1.82) is 0 Å². The van der Waals surface area contributed by atoms with Crippen LogP contribution in [0.25, 0.3) is 0 Å². The second-order valence-electron chi connectivity index (χ2n) is 6.26. The van der Waals surface area contributed by atoms with Crippen LogP contribution < -0.4 is 5.32 Å². The summed E-state index contributed by atoms with van der Waals surface area (Å²) in [7, 11) is 0. The van der Waals surface area contributed by atoms with Crippen molar-refractivity contribution in [3.05, 3.63) is 34.9 Å². The standard InChI is InChI=1S/C16H21NO3/c1-16(15(18)19)7-14(8-16)17-9-11-2-3-12-4-5-20-10-13(12)6-11/h2-3,6,14,17H,4-5,7-10H2,1H3,(H,18,19). The number of carboxylic acid groups (broad SMARTS) is 1. The van der Waals surface area contributed by atoms with Crippen molar-refractivity contribution in [2.24, 2.45) is 5.41 Å². The summed E-state index contributed by atoms with van der Waals surface area (Å²) in [5.74, 6) is -0.679. The Kier molecular flexibility index (Phi) is 3.52. The van der Waals surface area contributed by atoms with Crippen LogP contribution in [0.3, 0.4) is 0 Å². The van der Waals surface area contributed by atoms with Crippen LogP contribution in [-0.2, 0) is 29.1 Å². The van der Waals surface area contributed by atoms with Gasteiger partial charge in [-0.15, -0.1) is 0 Å². The highest BCUT2D eigenvalue weighted by molar-refractivity contribution is 5.75. The summed E-state index contributed by atoms with van der Waals surface area (Å²) in [5, 5.41) is 12.5. The highest BCUT2D eigenvalue weighted by atomic mass is 16.5. The van der Waals surface area contributed by atoms with E-state index in [2.05, 4.69) is 23.5 Å². The molecule has 4 heteroatoms. The number of aliphatic carboxylic acids is 1. The monoisotopic (exact) mass is 275 g/mol. The summed E-state index contributed by atoms with van der Waals surface area (Å²) in [6.45, 7) is 4.15. The van der Waals surface area contributed by atoms with Crippen molar-refractivity contribution in [3.63, 3.8) is 0 Å². The zero-order valence-corrected chi connectivity index (χ0v) is 11.8. The maximum Gasteiger partial charge on any atom is 0.309 e. The van der Waals surface area contributed by atoms with Gasteiger partial charge in [0.05, 0.1) is 18.6 Å². The van der Waals surface area contributed by atoms with Crippen molar-refractivity contribution in [3.8, 4) is 0 Å². The van der Waals surface area contributed by atoms with E-state index in [1.807, 2.05) is 6.92 Å². The molecule has 0 amide bonds. The molecule has 2 N–H and O–H groups in total. The first kappa shape index (κ1) is 13.6. The van der Waals surface area contributed by atoms with E-state index in [4.69, 9.17) is 9.84 Å². The fourth-order valence-corrected chi connectivity index (χ4v) is 3.14. The number of rotatable bonds is 4. The highest BCUT2D eigenvalue weighted by Gasteiger charge is 2.46. The molecule has 1 aromatic rings. The van der Waals surface area contributed by atoms with Crippen LogP contribution >= 0.6 is 0 Å². The highest BCUT2D eigenvalue weighted by Crippen LogP contribution is 2.40. The molecule has 1 saturated carbocycles. The number of fused-ring (bicyclic) bond motifs is 1. The van der Waals surface area contributed by atoms with E-state index in [0.717, 1.165) is 32.4 Å². The molecule has 0 radical (unpaired) electrons. The molecule has 20 heavy (non-hydrogen) atoms. The van der Waals surface area contributed by atoms with Gasteiger partial charge in [-0.1, -0.05) is 18.2 Å². The lowest BCUT2D eigenvalue weighted by Crippen LogP contribution is -2.51. The van der Waals surface area contributed by atoms with Gasteiger partial charge in [0.15, 0.2) is 0 Å². The molecule has 3 rings (SSSR count). The molecule has 1 heterocycles. The summed E-state index contributed by atoms with van der Waals surface area (Å²) in [6, 6.07) is 6.88. The summed E-state index contributed by atoms with van der Waals surface area (Å²) in [6.07, 6.45) is 2.44. The number of benzene rings is 1. The van der Waals surface area contributed by atoms with Crippen molar-refractivity contribution >= 4 is 5.97 Å². The molecule has 0 atom stereocenters. The number of hydrogen-bond acceptors (Lipinski definition) is 3. The normalized spacial score (nSPS) is 28.6. The fraction of sp³-hybridized carbons (Fsp3) is 0.562. The first-order chi connectivity index (χ1) is 9.57. The zero-order chi connectivity index (χ0) is 14.2. The quantitative estimate of drug-likeness (QED) is 0.883. The first-order valence-corrected chi connectivity index (χ1v) is 7.22. The average Bonchev–Trinajstić information content (AvgIpc) is 2.42. The van der Waals surface area contributed by atoms with Gasteiger partial charge in [0.25, 0.3) is 0 Å². The van der Waals surface area contributed by atoms with E-state index in [1.165, 1.54) is 16.7 Å². The SMILES string of the molecule is CC1(C(=O)O)CC(NCc2ccc3c(c2)COCC3)C1. The molecule has 0 spiro atoms. The maximum absolute atomic E-state index is 11.0. The smallest absolute Gasteiger partial charge is 0.309 e. The van der Waals surface area contributed by atoms with Gasteiger partial charge >= 0.3 is 5.97 Å². The lowest BCUT2D eigenvalue weighted by atomic mass is 9.67. The molecular formula is C16H21NO3. The summed E-state index contributed by atoms with van der Waals surface area (Å²) in [4.78, 5) is 11.0. The van der Waals surface area contributed by atoms with Gasteiger partial charge in [-0.05, 0) is 42.9 Å².